The molecule has 0 atom stereocenters. The Morgan fingerprint density at radius 2 is 1.61 bits per heavy atom. The molecule has 18 heavy (non-hydrogen) atoms. The summed E-state index contributed by atoms with van der Waals surface area (Å²) in [6.45, 7) is 0. The summed E-state index contributed by atoms with van der Waals surface area (Å²) in [5, 5.41) is 11.0. The molecule has 0 fully saturated rings. The monoisotopic (exact) mass is 395 g/mol. The van der Waals surface area contributed by atoms with Crippen molar-refractivity contribution in [2.45, 2.75) is 0 Å². The molecule has 0 N–H and O–H groups in total. The summed E-state index contributed by atoms with van der Waals surface area (Å²) in [7, 11) is 0. The van der Waals surface area contributed by atoms with Crippen LogP contribution >= 0.6 is 45.8 Å². The van der Waals surface area contributed by atoms with Gasteiger partial charge in [0.25, 0.3) is 5.69 Å². The number of hydrogen-bond acceptors (Lipinski definition) is 4. The van der Waals surface area contributed by atoms with E-state index in [1.807, 2.05) is 22.6 Å². The van der Waals surface area contributed by atoms with E-state index in [4.69, 9.17) is 23.2 Å². The van der Waals surface area contributed by atoms with Crippen LogP contribution in [0.2, 0.25) is 10.3 Å². The van der Waals surface area contributed by atoms with Gasteiger partial charge >= 0.3 is 0 Å². The third-order valence-electron chi connectivity index (χ3n) is 2.11. The maximum Gasteiger partial charge on any atom is 0.269 e. The first-order chi connectivity index (χ1) is 8.49. The van der Waals surface area contributed by atoms with Gasteiger partial charge in [-0.1, -0.05) is 23.2 Å². The van der Waals surface area contributed by atoms with Gasteiger partial charge in [-0.3, -0.25) is 10.1 Å². The molecule has 92 valence electrons. The zero-order valence-electron chi connectivity index (χ0n) is 8.60. The summed E-state index contributed by atoms with van der Waals surface area (Å²) in [4.78, 5) is 18.2. The van der Waals surface area contributed by atoms with Crippen molar-refractivity contribution < 1.29 is 4.92 Å². The maximum absolute atomic E-state index is 10.5. The van der Waals surface area contributed by atoms with Crippen molar-refractivity contribution in [3.05, 3.63) is 48.3 Å². The summed E-state index contributed by atoms with van der Waals surface area (Å²) in [6.07, 6.45) is 0. The van der Waals surface area contributed by atoms with Gasteiger partial charge in [-0.2, -0.15) is 0 Å². The van der Waals surface area contributed by atoms with E-state index >= 15 is 0 Å². The average molecular weight is 396 g/mol. The van der Waals surface area contributed by atoms with Gasteiger partial charge in [0.15, 0.2) is 5.82 Å². The highest BCUT2D eigenvalue weighted by molar-refractivity contribution is 14.1. The minimum atomic E-state index is -0.474. The SMILES string of the molecule is O=[N+]([O-])c1ccc(-c2nc(Cl)c(I)c(Cl)n2)cc1. The fraction of sp³-hybridized carbons (Fsp3) is 0. The number of halogens is 3. The second kappa shape index (κ2) is 5.33. The molecule has 0 aliphatic carbocycles. The Balaban J connectivity index is 2.46. The van der Waals surface area contributed by atoms with E-state index < -0.39 is 4.92 Å². The summed E-state index contributed by atoms with van der Waals surface area (Å²) >= 11 is 13.7. The largest absolute Gasteiger partial charge is 0.269 e. The first kappa shape index (κ1) is 13.4. The predicted octanol–water partition coefficient (Wildman–Crippen LogP) is 3.96. The van der Waals surface area contributed by atoms with Gasteiger partial charge in [-0.05, 0) is 34.7 Å². The lowest BCUT2D eigenvalue weighted by Crippen LogP contribution is -1.94. The number of nitrogens with zero attached hydrogens (tertiary/aromatic N) is 3. The molecule has 1 aromatic heterocycles. The molecule has 1 aromatic carbocycles. The quantitative estimate of drug-likeness (QED) is 0.334. The number of aromatic nitrogens is 2. The van der Waals surface area contributed by atoms with Crippen LogP contribution in [0.1, 0.15) is 0 Å². The molecule has 0 bridgehead atoms. The number of rotatable bonds is 2. The average Bonchev–Trinajstić information content (AvgIpc) is 2.35. The minimum absolute atomic E-state index is 0.00135. The van der Waals surface area contributed by atoms with E-state index in [0.29, 0.717) is 15.0 Å². The summed E-state index contributed by atoms with van der Waals surface area (Å²) < 4.78 is 0.571. The number of hydrogen-bond donors (Lipinski definition) is 0. The first-order valence-electron chi connectivity index (χ1n) is 4.62. The van der Waals surface area contributed by atoms with Crippen LogP contribution in [0.5, 0.6) is 0 Å². The number of non-ortho nitro benzene ring substituents is 1. The van der Waals surface area contributed by atoms with Crippen LogP contribution in [-0.2, 0) is 0 Å². The second-order valence-electron chi connectivity index (χ2n) is 3.25. The van der Waals surface area contributed by atoms with Crippen molar-refractivity contribution >= 4 is 51.5 Å². The third kappa shape index (κ3) is 2.70. The number of nitro groups is 1. The molecule has 0 aliphatic heterocycles. The van der Waals surface area contributed by atoms with Crippen LogP contribution in [0.3, 0.4) is 0 Å². The molecule has 0 radical (unpaired) electrons. The molecule has 0 saturated heterocycles. The Hall–Kier alpha value is -0.990. The highest BCUT2D eigenvalue weighted by atomic mass is 127. The highest BCUT2D eigenvalue weighted by Crippen LogP contribution is 2.27. The second-order valence-corrected chi connectivity index (χ2v) is 5.04. The molecule has 2 rings (SSSR count). The van der Waals surface area contributed by atoms with Crippen LogP contribution in [0.4, 0.5) is 5.69 Å². The molecule has 0 unspecified atom stereocenters. The Morgan fingerprint density at radius 3 is 2.06 bits per heavy atom. The van der Waals surface area contributed by atoms with Crippen LogP contribution in [0, 0.1) is 13.7 Å². The fourth-order valence-corrected chi connectivity index (χ4v) is 1.88. The third-order valence-corrected chi connectivity index (χ3v) is 4.31. The molecule has 5 nitrogen and oxygen atoms in total. The molecule has 0 aliphatic rings. The molecular weight excluding hydrogens is 392 g/mol. The van der Waals surface area contributed by atoms with Gasteiger partial charge in [0.1, 0.15) is 10.3 Å². The van der Waals surface area contributed by atoms with E-state index in [0.717, 1.165) is 0 Å². The lowest BCUT2D eigenvalue weighted by Gasteiger charge is -2.03. The van der Waals surface area contributed by atoms with Crippen molar-refractivity contribution in [3.8, 4) is 11.4 Å². The molecule has 1 heterocycles. The lowest BCUT2D eigenvalue weighted by molar-refractivity contribution is -0.384. The molecule has 0 spiro atoms. The van der Waals surface area contributed by atoms with Crippen molar-refractivity contribution in [3.63, 3.8) is 0 Å². The predicted molar refractivity (Wildman–Crippen MR) is 76.9 cm³/mol. The topological polar surface area (TPSA) is 68.9 Å². The Kier molecular flexibility index (Phi) is 3.98. The molecule has 2 aromatic rings. The Morgan fingerprint density at radius 1 is 1.11 bits per heavy atom. The zero-order chi connectivity index (χ0) is 13.3. The van der Waals surface area contributed by atoms with Gasteiger partial charge in [0.2, 0.25) is 0 Å². The number of benzene rings is 1. The minimum Gasteiger partial charge on any atom is -0.258 e. The Bertz CT molecular complexity index is 596. The van der Waals surface area contributed by atoms with E-state index in [9.17, 15) is 10.1 Å². The summed E-state index contributed by atoms with van der Waals surface area (Å²) in [5.41, 5.74) is 0.613. The van der Waals surface area contributed by atoms with Crippen molar-refractivity contribution in [1.29, 1.82) is 0 Å². The highest BCUT2D eigenvalue weighted by Gasteiger charge is 2.11. The smallest absolute Gasteiger partial charge is 0.258 e. The number of nitro benzene ring substituents is 1. The van der Waals surface area contributed by atoms with E-state index in [2.05, 4.69) is 9.97 Å². The summed E-state index contributed by atoms with van der Waals surface area (Å²) in [5.74, 6) is 0.334. The molecule has 0 saturated carbocycles. The van der Waals surface area contributed by atoms with E-state index in [1.165, 1.54) is 12.1 Å². The Labute approximate surface area is 125 Å². The van der Waals surface area contributed by atoms with Gasteiger partial charge in [0.05, 0.1) is 8.49 Å². The van der Waals surface area contributed by atoms with Gasteiger partial charge in [0, 0.05) is 17.7 Å². The van der Waals surface area contributed by atoms with E-state index in [1.54, 1.807) is 12.1 Å². The zero-order valence-corrected chi connectivity index (χ0v) is 12.3. The van der Waals surface area contributed by atoms with Gasteiger partial charge in [-0.25, -0.2) is 9.97 Å². The van der Waals surface area contributed by atoms with E-state index in [-0.39, 0.29) is 16.0 Å². The van der Waals surface area contributed by atoms with Gasteiger partial charge in [-0.15, -0.1) is 0 Å². The van der Waals surface area contributed by atoms with Crippen LogP contribution in [-0.4, -0.2) is 14.9 Å². The molecule has 0 amide bonds. The lowest BCUT2D eigenvalue weighted by atomic mass is 10.2. The van der Waals surface area contributed by atoms with Crippen LogP contribution < -0.4 is 0 Å². The van der Waals surface area contributed by atoms with Crippen molar-refractivity contribution in [2.24, 2.45) is 0 Å². The van der Waals surface area contributed by atoms with Gasteiger partial charge < -0.3 is 0 Å². The first-order valence-corrected chi connectivity index (χ1v) is 6.46. The molecular formula is C10H4Cl2IN3O2. The normalized spacial score (nSPS) is 10.4. The maximum atomic E-state index is 10.5. The summed E-state index contributed by atoms with van der Waals surface area (Å²) in [6, 6.07) is 5.84. The standard InChI is InChI=1S/C10H4Cl2IN3O2/c11-8-7(13)9(12)15-10(14-8)5-1-3-6(4-2-5)16(17)18/h1-4H. The van der Waals surface area contributed by atoms with Crippen molar-refractivity contribution in [2.75, 3.05) is 0 Å². The van der Waals surface area contributed by atoms with Crippen LogP contribution in [0.25, 0.3) is 11.4 Å². The van der Waals surface area contributed by atoms with Crippen molar-refractivity contribution in [1.82, 2.24) is 9.97 Å². The van der Waals surface area contributed by atoms with Crippen LogP contribution in [0.15, 0.2) is 24.3 Å². The molecule has 8 heteroatoms. The fourth-order valence-electron chi connectivity index (χ4n) is 1.26.